The van der Waals surface area contributed by atoms with Gasteiger partial charge in [0.05, 0.1) is 22.5 Å². The first-order valence-corrected chi connectivity index (χ1v) is 9.48. The average molecular weight is 374 g/mol. The van der Waals surface area contributed by atoms with Crippen molar-refractivity contribution < 1.29 is 9.59 Å². The van der Waals surface area contributed by atoms with E-state index in [0.717, 1.165) is 35.1 Å². The fourth-order valence-electron chi connectivity index (χ4n) is 3.76. The van der Waals surface area contributed by atoms with Crippen LogP contribution in [-0.4, -0.2) is 39.8 Å². The number of carbonyl (C=O) groups is 2. The van der Waals surface area contributed by atoms with E-state index in [1.54, 1.807) is 24.5 Å². The van der Waals surface area contributed by atoms with Crippen molar-refractivity contribution >= 4 is 28.4 Å². The van der Waals surface area contributed by atoms with E-state index < -0.39 is 0 Å². The van der Waals surface area contributed by atoms with E-state index in [1.807, 2.05) is 35.2 Å². The van der Waals surface area contributed by atoms with Crippen LogP contribution in [0.2, 0.25) is 0 Å². The highest BCUT2D eigenvalue weighted by Gasteiger charge is 2.27. The van der Waals surface area contributed by atoms with Crippen LogP contribution in [-0.2, 0) is 4.79 Å². The Labute approximate surface area is 163 Å². The van der Waals surface area contributed by atoms with Gasteiger partial charge in [-0.2, -0.15) is 0 Å². The zero-order valence-corrected chi connectivity index (χ0v) is 15.8. The standard InChI is InChI=1S/C22H22N4O2/c1-15(27)24-20-13-17-5-2-3-7-19(17)25-21(20)16-8-11-26(12-9-16)22(28)18-6-4-10-23-14-18/h2-7,10,13-14,16H,8-9,11-12H2,1H3,(H,24,27). The number of piperidine rings is 1. The Morgan fingerprint density at radius 2 is 1.89 bits per heavy atom. The first-order valence-electron chi connectivity index (χ1n) is 9.48. The number of anilines is 1. The molecule has 0 atom stereocenters. The molecule has 1 fully saturated rings. The van der Waals surface area contributed by atoms with Gasteiger partial charge in [-0.15, -0.1) is 0 Å². The Morgan fingerprint density at radius 1 is 1.11 bits per heavy atom. The molecule has 0 bridgehead atoms. The molecular weight excluding hydrogens is 352 g/mol. The van der Waals surface area contributed by atoms with Crippen LogP contribution in [0.4, 0.5) is 5.69 Å². The Bertz CT molecular complexity index is 1010. The summed E-state index contributed by atoms with van der Waals surface area (Å²) in [7, 11) is 0. The van der Waals surface area contributed by atoms with Crippen LogP contribution in [0.3, 0.4) is 0 Å². The molecule has 4 rings (SSSR count). The van der Waals surface area contributed by atoms with Gasteiger partial charge < -0.3 is 10.2 Å². The molecule has 1 saturated heterocycles. The second-order valence-corrected chi connectivity index (χ2v) is 7.10. The van der Waals surface area contributed by atoms with Crippen molar-refractivity contribution in [1.82, 2.24) is 14.9 Å². The number of benzene rings is 1. The highest BCUT2D eigenvalue weighted by molar-refractivity contribution is 5.94. The highest BCUT2D eigenvalue weighted by Crippen LogP contribution is 2.34. The molecule has 0 radical (unpaired) electrons. The Balaban J connectivity index is 1.56. The third kappa shape index (κ3) is 3.71. The number of hydrogen-bond acceptors (Lipinski definition) is 4. The minimum atomic E-state index is -0.109. The van der Waals surface area contributed by atoms with Gasteiger partial charge in [-0.05, 0) is 37.1 Å². The van der Waals surface area contributed by atoms with Crippen molar-refractivity contribution in [3.63, 3.8) is 0 Å². The predicted octanol–water partition coefficient (Wildman–Crippen LogP) is 3.61. The summed E-state index contributed by atoms with van der Waals surface area (Å²) in [5, 5.41) is 3.93. The number of aromatic nitrogens is 2. The van der Waals surface area contributed by atoms with E-state index in [2.05, 4.69) is 10.3 Å². The lowest BCUT2D eigenvalue weighted by Crippen LogP contribution is -2.38. The highest BCUT2D eigenvalue weighted by atomic mass is 16.2. The van der Waals surface area contributed by atoms with Gasteiger partial charge in [-0.25, -0.2) is 0 Å². The SMILES string of the molecule is CC(=O)Nc1cc2ccccc2nc1C1CCN(C(=O)c2cccnc2)CC1. The molecule has 6 nitrogen and oxygen atoms in total. The molecule has 0 unspecified atom stereocenters. The van der Waals surface area contributed by atoms with Crippen molar-refractivity contribution in [2.75, 3.05) is 18.4 Å². The molecule has 6 heteroatoms. The molecule has 0 aliphatic carbocycles. The first kappa shape index (κ1) is 18.1. The van der Waals surface area contributed by atoms with Crippen molar-refractivity contribution in [3.8, 4) is 0 Å². The fraction of sp³-hybridized carbons (Fsp3) is 0.273. The van der Waals surface area contributed by atoms with Crippen molar-refractivity contribution in [3.05, 3.63) is 66.1 Å². The zero-order valence-electron chi connectivity index (χ0n) is 15.8. The van der Waals surface area contributed by atoms with E-state index in [-0.39, 0.29) is 17.7 Å². The minimum Gasteiger partial charge on any atom is -0.339 e. The second-order valence-electron chi connectivity index (χ2n) is 7.10. The van der Waals surface area contributed by atoms with E-state index >= 15 is 0 Å². The molecule has 3 heterocycles. The maximum absolute atomic E-state index is 12.6. The largest absolute Gasteiger partial charge is 0.339 e. The molecule has 1 aliphatic rings. The lowest BCUT2D eigenvalue weighted by molar-refractivity contribution is -0.114. The summed E-state index contributed by atoms with van der Waals surface area (Å²) in [5.41, 5.74) is 3.20. The lowest BCUT2D eigenvalue weighted by atomic mass is 9.91. The predicted molar refractivity (Wildman–Crippen MR) is 108 cm³/mol. The summed E-state index contributed by atoms with van der Waals surface area (Å²) in [6.07, 6.45) is 4.89. The molecule has 0 spiro atoms. The Morgan fingerprint density at radius 3 is 2.61 bits per heavy atom. The van der Waals surface area contributed by atoms with E-state index in [0.29, 0.717) is 18.7 Å². The van der Waals surface area contributed by atoms with Crippen LogP contribution >= 0.6 is 0 Å². The summed E-state index contributed by atoms with van der Waals surface area (Å²) >= 11 is 0. The van der Waals surface area contributed by atoms with Gasteiger partial charge in [-0.1, -0.05) is 18.2 Å². The average Bonchev–Trinajstić information content (AvgIpc) is 2.73. The first-order chi connectivity index (χ1) is 13.6. The molecule has 2 amide bonds. The number of rotatable bonds is 3. The van der Waals surface area contributed by atoms with Gasteiger partial charge in [0.1, 0.15) is 0 Å². The smallest absolute Gasteiger partial charge is 0.255 e. The van der Waals surface area contributed by atoms with Gasteiger partial charge in [0.2, 0.25) is 5.91 Å². The van der Waals surface area contributed by atoms with Crippen LogP contribution in [0.15, 0.2) is 54.9 Å². The Kier molecular flexibility index (Phi) is 5.02. The second kappa shape index (κ2) is 7.76. The number of fused-ring (bicyclic) bond motifs is 1. The van der Waals surface area contributed by atoms with Crippen LogP contribution in [0.1, 0.15) is 41.7 Å². The number of hydrogen-bond donors (Lipinski definition) is 1. The molecule has 1 aliphatic heterocycles. The number of pyridine rings is 2. The molecule has 1 N–H and O–H groups in total. The number of para-hydroxylation sites is 1. The fourth-order valence-corrected chi connectivity index (χ4v) is 3.76. The number of amides is 2. The number of nitrogens with one attached hydrogen (secondary N) is 1. The van der Waals surface area contributed by atoms with Crippen LogP contribution in [0.25, 0.3) is 10.9 Å². The van der Waals surface area contributed by atoms with Gasteiger partial charge in [-0.3, -0.25) is 19.6 Å². The van der Waals surface area contributed by atoms with Crippen LogP contribution in [0.5, 0.6) is 0 Å². The van der Waals surface area contributed by atoms with E-state index in [1.165, 1.54) is 6.92 Å². The van der Waals surface area contributed by atoms with Gasteiger partial charge in [0, 0.05) is 43.7 Å². The molecule has 28 heavy (non-hydrogen) atoms. The number of likely N-dealkylation sites (tertiary alicyclic amines) is 1. The minimum absolute atomic E-state index is 0.0140. The van der Waals surface area contributed by atoms with Crippen LogP contribution < -0.4 is 5.32 Å². The third-order valence-corrected chi connectivity index (χ3v) is 5.14. The Hall–Kier alpha value is -3.28. The summed E-state index contributed by atoms with van der Waals surface area (Å²) in [4.78, 5) is 35.1. The van der Waals surface area contributed by atoms with Gasteiger partial charge >= 0.3 is 0 Å². The molecule has 142 valence electrons. The lowest BCUT2D eigenvalue weighted by Gasteiger charge is -2.32. The monoisotopic (exact) mass is 374 g/mol. The quantitative estimate of drug-likeness (QED) is 0.760. The third-order valence-electron chi connectivity index (χ3n) is 5.14. The van der Waals surface area contributed by atoms with Gasteiger partial charge in [0.25, 0.3) is 5.91 Å². The molecule has 3 aromatic rings. The summed E-state index contributed by atoms with van der Waals surface area (Å²) in [5.74, 6) is 0.104. The summed E-state index contributed by atoms with van der Waals surface area (Å²) < 4.78 is 0. The summed E-state index contributed by atoms with van der Waals surface area (Å²) in [6, 6.07) is 13.5. The topological polar surface area (TPSA) is 75.2 Å². The van der Waals surface area contributed by atoms with Crippen molar-refractivity contribution in [2.24, 2.45) is 0 Å². The number of nitrogens with zero attached hydrogens (tertiary/aromatic N) is 3. The molecule has 0 saturated carbocycles. The van der Waals surface area contributed by atoms with Crippen LogP contribution in [0, 0.1) is 0 Å². The molecule has 2 aromatic heterocycles. The van der Waals surface area contributed by atoms with Crippen molar-refractivity contribution in [2.45, 2.75) is 25.7 Å². The normalized spacial score (nSPS) is 14.8. The number of carbonyl (C=O) groups excluding carboxylic acids is 2. The van der Waals surface area contributed by atoms with Gasteiger partial charge in [0.15, 0.2) is 0 Å². The zero-order chi connectivity index (χ0) is 19.5. The molecular formula is C22H22N4O2. The van der Waals surface area contributed by atoms with E-state index in [4.69, 9.17) is 4.98 Å². The van der Waals surface area contributed by atoms with Crippen molar-refractivity contribution in [1.29, 1.82) is 0 Å². The van der Waals surface area contributed by atoms with E-state index in [9.17, 15) is 9.59 Å². The molecule has 1 aromatic carbocycles. The maximum Gasteiger partial charge on any atom is 0.255 e. The summed E-state index contributed by atoms with van der Waals surface area (Å²) in [6.45, 7) is 2.83. The maximum atomic E-state index is 12.6.